The summed E-state index contributed by atoms with van der Waals surface area (Å²) in [4.78, 5) is 16.9. The van der Waals surface area contributed by atoms with Crippen LogP contribution in [0.5, 0.6) is 5.75 Å². The number of carbonyl (C=O) groups is 1. The Balaban J connectivity index is 1.15. The third kappa shape index (κ3) is 8.17. The van der Waals surface area contributed by atoms with Gasteiger partial charge in [0.1, 0.15) is 12.4 Å². The van der Waals surface area contributed by atoms with E-state index in [0.717, 1.165) is 56.3 Å². The third-order valence-corrected chi connectivity index (χ3v) is 7.26. The maximum absolute atomic E-state index is 13.1. The minimum atomic E-state index is -4.49. The van der Waals surface area contributed by atoms with Crippen molar-refractivity contribution in [3.05, 3.63) is 48.0 Å². The van der Waals surface area contributed by atoms with Gasteiger partial charge in [-0.05, 0) is 74.1 Å². The highest BCUT2D eigenvalue weighted by atomic mass is 19.4. The first-order chi connectivity index (χ1) is 18.6. The van der Waals surface area contributed by atoms with Crippen molar-refractivity contribution < 1.29 is 27.4 Å². The van der Waals surface area contributed by atoms with Gasteiger partial charge >= 0.3 is 6.18 Å². The first kappa shape index (κ1) is 28.9. The highest BCUT2D eigenvalue weighted by molar-refractivity contribution is 5.77. The van der Waals surface area contributed by atoms with Gasteiger partial charge in [0.05, 0.1) is 18.3 Å². The lowest BCUT2D eigenvalue weighted by atomic mass is 9.92. The van der Waals surface area contributed by atoms with Crippen molar-refractivity contribution in [2.24, 2.45) is 5.92 Å². The number of anilines is 3. The van der Waals surface area contributed by atoms with Crippen molar-refractivity contribution in [2.45, 2.75) is 57.9 Å². The molecule has 1 heterocycles. The number of nitrogens with zero attached hydrogens (tertiary/aromatic N) is 2. The van der Waals surface area contributed by atoms with E-state index in [4.69, 9.17) is 15.2 Å². The number of rotatable bonds is 9. The van der Waals surface area contributed by atoms with Gasteiger partial charge in [0.15, 0.2) is 0 Å². The molecule has 0 aromatic heterocycles. The molecule has 10 heteroatoms. The van der Waals surface area contributed by atoms with Gasteiger partial charge < -0.3 is 30.3 Å². The van der Waals surface area contributed by atoms with Crippen molar-refractivity contribution in [2.75, 3.05) is 55.3 Å². The van der Waals surface area contributed by atoms with Gasteiger partial charge in [-0.3, -0.25) is 4.79 Å². The first-order valence-electron chi connectivity index (χ1n) is 13.7. The number of amides is 1. The number of ether oxygens (including phenoxy) is 2. The zero-order valence-corrected chi connectivity index (χ0v) is 22.7. The molecule has 4 rings (SSSR count). The van der Waals surface area contributed by atoms with E-state index in [2.05, 4.69) is 36.2 Å². The van der Waals surface area contributed by atoms with E-state index in [0.29, 0.717) is 31.3 Å². The summed E-state index contributed by atoms with van der Waals surface area (Å²) >= 11 is 0. The Labute approximate surface area is 228 Å². The summed E-state index contributed by atoms with van der Waals surface area (Å²) in [6.07, 6.45) is -1.51. The summed E-state index contributed by atoms with van der Waals surface area (Å²) in [5, 5.41) is 3.19. The molecule has 39 heavy (non-hydrogen) atoms. The molecule has 1 aliphatic heterocycles. The number of piperazine rings is 1. The second-order valence-electron chi connectivity index (χ2n) is 10.8. The minimum absolute atomic E-state index is 0.00566. The fourth-order valence-electron chi connectivity index (χ4n) is 5.01. The Bertz CT molecular complexity index is 1080. The Kier molecular flexibility index (Phi) is 9.48. The summed E-state index contributed by atoms with van der Waals surface area (Å²) in [5.41, 5.74) is 5.91. The minimum Gasteiger partial charge on any atom is -0.493 e. The van der Waals surface area contributed by atoms with E-state index in [1.807, 2.05) is 17.0 Å². The topological polar surface area (TPSA) is 80.1 Å². The van der Waals surface area contributed by atoms with Gasteiger partial charge in [0, 0.05) is 49.3 Å². The Hall–Kier alpha value is -3.14. The smallest absolute Gasteiger partial charge is 0.418 e. The van der Waals surface area contributed by atoms with Crippen molar-refractivity contribution in [1.29, 1.82) is 0 Å². The van der Waals surface area contributed by atoms with Gasteiger partial charge in [-0.2, -0.15) is 13.2 Å². The standard InChI is InChI=1S/C29H39F3N4O3/c1-20(2)18-38-25-10-6-23(7-11-25)35-13-15-36(16-14-35)28(37)19-39-24-8-3-21(4-9-24)34-22-5-12-27(33)26(17-22)29(30,31)32/h5-7,10-12,17,20-21,24,34H,3-4,8-9,13-16,18-19,33H2,1-2H3. The van der Waals surface area contributed by atoms with Crippen LogP contribution in [0.2, 0.25) is 0 Å². The van der Waals surface area contributed by atoms with Crippen LogP contribution >= 0.6 is 0 Å². The number of halogens is 3. The van der Waals surface area contributed by atoms with E-state index >= 15 is 0 Å². The van der Waals surface area contributed by atoms with E-state index in [-0.39, 0.29) is 30.3 Å². The molecule has 1 saturated heterocycles. The number of carbonyl (C=O) groups excluding carboxylic acids is 1. The second kappa shape index (κ2) is 12.8. The van der Waals surface area contributed by atoms with Crippen LogP contribution in [-0.4, -0.2) is 62.3 Å². The van der Waals surface area contributed by atoms with Crippen molar-refractivity contribution >= 4 is 23.0 Å². The lowest BCUT2D eigenvalue weighted by Crippen LogP contribution is -2.50. The molecule has 0 unspecified atom stereocenters. The summed E-state index contributed by atoms with van der Waals surface area (Å²) in [7, 11) is 0. The van der Waals surface area contributed by atoms with E-state index in [9.17, 15) is 18.0 Å². The van der Waals surface area contributed by atoms with Crippen LogP contribution < -0.4 is 20.7 Å². The lowest BCUT2D eigenvalue weighted by Gasteiger charge is -2.36. The van der Waals surface area contributed by atoms with E-state index in [1.165, 1.54) is 6.07 Å². The Morgan fingerprint density at radius 1 is 1.03 bits per heavy atom. The van der Waals surface area contributed by atoms with Gasteiger partial charge in [-0.25, -0.2) is 0 Å². The van der Waals surface area contributed by atoms with Crippen molar-refractivity contribution in [3.8, 4) is 5.75 Å². The van der Waals surface area contributed by atoms with Crippen LogP contribution in [0.1, 0.15) is 45.1 Å². The number of nitrogens with two attached hydrogens (primary N) is 1. The average Bonchev–Trinajstić information content (AvgIpc) is 2.92. The van der Waals surface area contributed by atoms with E-state index in [1.54, 1.807) is 6.07 Å². The molecule has 1 aliphatic carbocycles. The molecule has 214 valence electrons. The van der Waals surface area contributed by atoms with Crippen LogP contribution in [0, 0.1) is 5.92 Å². The molecule has 3 N–H and O–H groups in total. The molecule has 2 aromatic rings. The fraction of sp³-hybridized carbons (Fsp3) is 0.552. The van der Waals surface area contributed by atoms with Gasteiger partial charge in [0.2, 0.25) is 5.91 Å². The van der Waals surface area contributed by atoms with Gasteiger partial charge in [0.25, 0.3) is 0 Å². The van der Waals surface area contributed by atoms with Gasteiger partial charge in [-0.1, -0.05) is 13.8 Å². The van der Waals surface area contributed by atoms with Crippen molar-refractivity contribution in [1.82, 2.24) is 4.90 Å². The molecule has 1 amide bonds. The first-order valence-corrected chi connectivity index (χ1v) is 13.7. The second-order valence-corrected chi connectivity index (χ2v) is 10.8. The molecular formula is C29H39F3N4O3. The largest absolute Gasteiger partial charge is 0.493 e. The quantitative estimate of drug-likeness (QED) is 0.408. The maximum Gasteiger partial charge on any atom is 0.418 e. The molecule has 1 saturated carbocycles. The number of nitrogens with one attached hydrogen (secondary N) is 1. The van der Waals surface area contributed by atoms with Crippen LogP contribution in [0.25, 0.3) is 0 Å². The zero-order chi connectivity index (χ0) is 28.0. The molecule has 0 spiro atoms. The average molecular weight is 549 g/mol. The summed E-state index contributed by atoms with van der Waals surface area (Å²) in [5.74, 6) is 1.34. The van der Waals surface area contributed by atoms with Crippen molar-refractivity contribution in [3.63, 3.8) is 0 Å². The van der Waals surface area contributed by atoms with Crippen LogP contribution in [0.4, 0.5) is 30.2 Å². The molecular weight excluding hydrogens is 509 g/mol. The number of alkyl halides is 3. The Morgan fingerprint density at radius 3 is 2.31 bits per heavy atom. The zero-order valence-electron chi connectivity index (χ0n) is 22.7. The fourth-order valence-corrected chi connectivity index (χ4v) is 5.01. The summed E-state index contributed by atoms with van der Waals surface area (Å²) in [6.45, 7) is 7.79. The predicted octanol–water partition coefficient (Wildman–Crippen LogP) is 5.41. The molecule has 2 fully saturated rings. The molecule has 0 atom stereocenters. The van der Waals surface area contributed by atoms with Crippen LogP contribution in [0.3, 0.4) is 0 Å². The maximum atomic E-state index is 13.1. The third-order valence-electron chi connectivity index (χ3n) is 7.26. The normalized spacial score (nSPS) is 20.3. The van der Waals surface area contributed by atoms with Crippen LogP contribution in [-0.2, 0) is 15.7 Å². The number of nitrogen functional groups attached to an aromatic ring is 1. The number of hydrogen-bond acceptors (Lipinski definition) is 6. The Morgan fingerprint density at radius 2 is 1.69 bits per heavy atom. The number of hydrogen-bond donors (Lipinski definition) is 2. The predicted molar refractivity (Wildman–Crippen MR) is 147 cm³/mol. The highest BCUT2D eigenvalue weighted by Crippen LogP contribution is 2.36. The SMILES string of the molecule is CC(C)COc1ccc(N2CCN(C(=O)COC3CCC(Nc4ccc(N)c(C(F)(F)F)c4)CC3)CC2)cc1. The van der Waals surface area contributed by atoms with E-state index < -0.39 is 11.7 Å². The molecule has 2 aliphatic rings. The van der Waals surface area contributed by atoms with Crippen LogP contribution in [0.15, 0.2) is 42.5 Å². The molecule has 0 radical (unpaired) electrons. The number of benzene rings is 2. The molecule has 2 aromatic carbocycles. The lowest BCUT2D eigenvalue weighted by molar-refractivity contribution is -0.139. The molecule has 0 bridgehead atoms. The highest BCUT2D eigenvalue weighted by Gasteiger charge is 2.33. The van der Waals surface area contributed by atoms with Gasteiger partial charge in [-0.15, -0.1) is 0 Å². The monoisotopic (exact) mass is 548 g/mol. The molecule has 7 nitrogen and oxygen atoms in total. The summed E-state index contributed by atoms with van der Waals surface area (Å²) in [6, 6.07) is 12.1. The summed E-state index contributed by atoms with van der Waals surface area (Å²) < 4.78 is 51.1.